The molecule has 2 atom stereocenters. The van der Waals surface area contributed by atoms with Crippen LogP contribution in [0.1, 0.15) is 18.4 Å². The SMILES string of the molecule is CN(C)C(=O)CN1[C@H]2CCN(Cc3ccccc3)CC[C@@H]2Oc2ccccc2S1(=O)=O. The van der Waals surface area contributed by atoms with E-state index in [4.69, 9.17) is 4.74 Å². The van der Waals surface area contributed by atoms with E-state index >= 15 is 0 Å². The fourth-order valence-corrected chi connectivity index (χ4v) is 6.04. The third kappa shape index (κ3) is 4.61. The molecule has 0 spiro atoms. The van der Waals surface area contributed by atoms with Crippen LogP contribution < -0.4 is 4.74 Å². The van der Waals surface area contributed by atoms with Gasteiger partial charge in [0.05, 0.1) is 12.6 Å². The van der Waals surface area contributed by atoms with Gasteiger partial charge in [0.25, 0.3) is 0 Å². The Morgan fingerprint density at radius 2 is 1.71 bits per heavy atom. The molecule has 0 aliphatic carbocycles. The molecular weight excluding hydrogens is 414 g/mol. The Morgan fingerprint density at radius 1 is 1.03 bits per heavy atom. The molecule has 0 aromatic heterocycles. The van der Waals surface area contributed by atoms with Crippen molar-refractivity contribution in [3.8, 4) is 5.75 Å². The second kappa shape index (κ2) is 8.98. The van der Waals surface area contributed by atoms with Crippen LogP contribution in [0.2, 0.25) is 0 Å². The molecule has 2 aromatic carbocycles. The lowest BCUT2D eigenvalue weighted by molar-refractivity contribution is -0.129. The second-order valence-corrected chi connectivity index (χ2v) is 10.2. The number of hydrogen-bond donors (Lipinski definition) is 0. The number of amides is 1. The van der Waals surface area contributed by atoms with Crippen molar-refractivity contribution in [2.75, 3.05) is 33.7 Å². The number of nitrogens with zero attached hydrogens (tertiary/aromatic N) is 3. The molecule has 1 amide bonds. The quantitative estimate of drug-likeness (QED) is 0.725. The molecule has 0 unspecified atom stereocenters. The molecule has 0 saturated carbocycles. The van der Waals surface area contributed by atoms with E-state index < -0.39 is 16.1 Å². The highest BCUT2D eigenvalue weighted by atomic mass is 32.2. The predicted molar refractivity (Wildman–Crippen MR) is 118 cm³/mol. The topological polar surface area (TPSA) is 70.2 Å². The summed E-state index contributed by atoms with van der Waals surface area (Å²) in [7, 11) is -0.584. The number of benzene rings is 2. The fourth-order valence-electron chi connectivity index (χ4n) is 4.29. The van der Waals surface area contributed by atoms with Crippen molar-refractivity contribution in [2.24, 2.45) is 0 Å². The van der Waals surface area contributed by atoms with Gasteiger partial charge in [0, 0.05) is 33.7 Å². The minimum Gasteiger partial charge on any atom is -0.487 e. The van der Waals surface area contributed by atoms with E-state index in [0.717, 1.165) is 19.6 Å². The molecule has 0 N–H and O–H groups in total. The molecule has 1 fully saturated rings. The average molecular weight is 444 g/mol. The van der Waals surface area contributed by atoms with Crippen molar-refractivity contribution >= 4 is 15.9 Å². The van der Waals surface area contributed by atoms with Crippen molar-refractivity contribution in [3.05, 3.63) is 60.2 Å². The van der Waals surface area contributed by atoms with Crippen molar-refractivity contribution < 1.29 is 17.9 Å². The number of carbonyl (C=O) groups is 1. The van der Waals surface area contributed by atoms with Gasteiger partial charge in [-0.05, 0) is 30.5 Å². The molecule has 31 heavy (non-hydrogen) atoms. The standard InChI is InChI=1S/C23H29N3O4S/c1-24(2)23(27)17-26-19-12-14-25(16-18-8-4-3-5-9-18)15-13-20(19)30-21-10-6-7-11-22(21)31(26,28)29/h3-11,19-20H,12-17H2,1-2H3/t19-,20-/m0/s1. The maximum Gasteiger partial charge on any atom is 0.247 e. The Bertz CT molecular complexity index is 1030. The molecule has 8 heteroatoms. The van der Waals surface area contributed by atoms with Gasteiger partial charge in [0.1, 0.15) is 16.7 Å². The van der Waals surface area contributed by atoms with Crippen LogP contribution in [-0.2, 0) is 21.4 Å². The first kappa shape index (κ1) is 21.8. The highest BCUT2D eigenvalue weighted by Crippen LogP contribution is 2.36. The van der Waals surface area contributed by atoms with E-state index in [0.29, 0.717) is 18.6 Å². The molecular formula is C23H29N3O4S. The molecule has 2 heterocycles. The van der Waals surface area contributed by atoms with E-state index in [1.54, 1.807) is 38.4 Å². The number of sulfonamides is 1. The molecule has 7 nitrogen and oxygen atoms in total. The van der Waals surface area contributed by atoms with E-state index in [9.17, 15) is 13.2 Å². The van der Waals surface area contributed by atoms with Crippen LogP contribution >= 0.6 is 0 Å². The summed E-state index contributed by atoms with van der Waals surface area (Å²) in [6, 6.07) is 16.6. The average Bonchev–Trinajstić information content (AvgIpc) is 2.99. The van der Waals surface area contributed by atoms with E-state index in [1.165, 1.54) is 14.8 Å². The molecule has 0 radical (unpaired) electrons. The number of fused-ring (bicyclic) bond motifs is 2. The highest BCUT2D eigenvalue weighted by molar-refractivity contribution is 7.89. The van der Waals surface area contributed by atoms with Crippen LogP contribution in [0.15, 0.2) is 59.5 Å². The summed E-state index contributed by atoms with van der Waals surface area (Å²) in [5.74, 6) is 0.126. The van der Waals surface area contributed by atoms with E-state index in [1.807, 2.05) is 18.2 Å². The van der Waals surface area contributed by atoms with Gasteiger partial charge in [-0.3, -0.25) is 9.69 Å². The predicted octanol–water partition coefficient (Wildman–Crippen LogP) is 2.19. The van der Waals surface area contributed by atoms with Crippen molar-refractivity contribution in [1.29, 1.82) is 0 Å². The van der Waals surface area contributed by atoms with E-state index in [2.05, 4.69) is 17.0 Å². The summed E-state index contributed by atoms with van der Waals surface area (Å²) in [5, 5.41) is 0. The lowest BCUT2D eigenvalue weighted by Crippen LogP contribution is -2.50. The van der Waals surface area contributed by atoms with Crippen molar-refractivity contribution in [2.45, 2.75) is 36.4 Å². The molecule has 4 rings (SSSR count). The molecule has 0 bridgehead atoms. The zero-order valence-electron chi connectivity index (χ0n) is 18.0. The molecule has 2 aliphatic heterocycles. The lowest BCUT2D eigenvalue weighted by Gasteiger charge is -2.32. The van der Waals surface area contributed by atoms with Gasteiger partial charge in [-0.2, -0.15) is 4.31 Å². The largest absolute Gasteiger partial charge is 0.487 e. The summed E-state index contributed by atoms with van der Waals surface area (Å²) in [6.45, 7) is 2.15. The van der Waals surface area contributed by atoms with Gasteiger partial charge in [0.15, 0.2) is 0 Å². The number of hydrogen-bond acceptors (Lipinski definition) is 5. The number of rotatable bonds is 4. The van der Waals surface area contributed by atoms with Crippen LogP contribution in [0, 0.1) is 0 Å². The van der Waals surface area contributed by atoms with Crippen molar-refractivity contribution in [1.82, 2.24) is 14.1 Å². The molecule has 1 saturated heterocycles. The van der Waals surface area contributed by atoms with Crippen LogP contribution in [0.3, 0.4) is 0 Å². The van der Waals surface area contributed by atoms with Crippen LogP contribution in [0.4, 0.5) is 0 Å². The number of likely N-dealkylation sites (N-methyl/N-ethyl adjacent to an activating group) is 1. The Balaban J connectivity index is 1.65. The fraction of sp³-hybridized carbons (Fsp3) is 0.435. The summed E-state index contributed by atoms with van der Waals surface area (Å²) >= 11 is 0. The van der Waals surface area contributed by atoms with Gasteiger partial charge in [0.2, 0.25) is 15.9 Å². The Morgan fingerprint density at radius 3 is 2.45 bits per heavy atom. The van der Waals surface area contributed by atoms with Gasteiger partial charge < -0.3 is 9.64 Å². The Hall–Kier alpha value is -2.42. The first-order valence-electron chi connectivity index (χ1n) is 10.6. The molecule has 2 aliphatic rings. The molecule has 2 aromatic rings. The first-order chi connectivity index (χ1) is 14.9. The van der Waals surface area contributed by atoms with Gasteiger partial charge >= 0.3 is 0 Å². The highest BCUT2D eigenvalue weighted by Gasteiger charge is 2.44. The van der Waals surface area contributed by atoms with Crippen LogP contribution in [0.25, 0.3) is 0 Å². The zero-order valence-corrected chi connectivity index (χ0v) is 18.8. The minimum atomic E-state index is -3.87. The van der Waals surface area contributed by atoms with Crippen molar-refractivity contribution in [3.63, 3.8) is 0 Å². The lowest BCUT2D eigenvalue weighted by atomic mass is 10.1. The van der Waals surface area contributed by atoms with Gasteiger partial charge in [-0.25, -0.2) is 8.42 Å². The maximum absolute atomic E-state index is 13.6. The monoisotopic (exact) mass is 443 g/mol. The third-order valence-electron chi connectivity index (χ3n) is 6.02. The number of para-hydroxylation sites is 1. The molecule has 166 valence electrons. The zero-order chi connectivity index (χ0) is 22.0. The number of likely N-dealkylation sites (tertiary alicyclic amines) is 1. The summed E-state index contributed by atoms with van der Waals surface area (Å²) in [5.41, 5.74) is 1.23. The summed E-state index contributed by atoms with van der Waals surface area (Å²) < 4.78 is 34.8. The maximum atomic E-state index is 13.6. The normalized spacial score (nSPS) is 23.5. The Kier molecular flexibility index (Phi) is 6.31. The third-order valence-corrected chi connectivity index (χ3v) is 7.93. The minimum absolute atomic E-state index is 0.135. The van der Waals surface area contributed by atoms with E-state index in [-0.39, 0.29) is 23.5 Å². The van der Waals surface area contributed by atoms with Gasteiger partial charge in [-0.1, -0.05) is 42.5 Å². The Labute approximate surface area is 184 Å². The number of carbonyl (C=O) groups excluding carboxylic acids is 1. The first-order valence-corrected chi connectivity index (χ1v) is 12.0. The summed E-state index contributed by atoms with van der Waals surface area (Å²) in [6.07, 6.45) is 0.980. The second-order valence-electron chi connectivity index (χ2n) is 8.35. The van der Waals surface area contributed by atoms with Crippen LogP contribution in [-0.4, -0.2) is 74.3 Å². The van der Waals surface area contributed by atoms with Gasteiger partial charge in [-0.15, -0.1) is 0 Å². The summed E-state index contributed by atoms with van der Waals surface area (Å²) in [4.78, 5) is 16.5. The van der Waals surface area contributed by atoms with Crippen LogP contribution in [0.5, 0.6) is 5.75 Å². The smallest absolute Gasteiger partial charge is 0.247 e. The number of ether oxygens (including phenoxy) is 1.